The third kappa shape index (κ3) is 3.84. The highest BCUT2D eigenvalue weighted by molar-refractivity contribution is 6.02. The second-order valence-corrected chi connectivity index (χ2v) is 7.32. The van der Waals surface area contributed by atoms with E-state index in [-0.39, 0.29) is 18.2 Å². The van der Waals surface area contributed by atoms with E-state index in [1.807, 2.05) is 31.2 Å². The van der Waals surface area contributed by atoms with Crippen LogP contribution in [0.15, 0.2) is 42.5 Å². The van der Waals surface area contributed by atoms with E-state index in [9.17, 15) is 9.59 Å². The van der Waals surface area contributed by atoms with Crippen LogP contribution in [-0.2, 0) is 9.59 Å². The molecule has 3 aromatic rings. The molecule has 9 nitrogen and oxygen atoms in total. The third-order valence-electron chi connectivity index (χ3n) is 5.40. The summed E-state index contributed by atoms with van der Waals surface area (Å²) < 4.78 is 17.3. The quantitative estimate of drug-likeness (QED) is 0.614. The Morgan fingerprint density at radius 3 is 2.44 bits per heavy atom. The number of rotatable bonds is 6. The van der Waals surface area contributed by atoms with Gasteiger partial charge in [0.1, 0.15) is 17.6 Å². The summed E-state index contributed by atoms with van der Waals surface area (Å²) >= 11 is 0. The highest BCUT2D eigenvalue weighted by Crippen LogP contribution is 2.35. The monoisotopic (exact) mass is 436 g/mol. The Balaban J connectivity index is 1.65. The summed E-state index contributed by atoms with van der Waals surface area (Å²) in [6.07, 6.45) is -0.0186. The lowest BCUT2D eigenvalue weighted by atomic mass is 10.1. The van der Waals surface area contributed by atoms with E-state index < -0.39 is 6.04 Å². The number of anilines is 2. The molecule has 9 heteroatoms. The highest BCUT2D eigenvalue weighted by Gasteiger charge is 2.34. The summed E-state index contributed by atoms with van der Waals surface area (Å²) in [5.74, 6) is 1.70. The predicted octanol–water partition coefficient (Wildman–Crippen LogP) is 3.41. The first-order valence-corrected chi connectivity index (χ1v) is 10.0. The number of nitrogens with zero attached hydrogens (tertiary/aromatic N) is 2. The van der Waals surface area contributed by atoms with E-state index in [0.717, 1.165) is 16.9 Å². The Labute approximate surface area is 185 Å². The molecule has 0 bridgehead atoms. The molecular formula is C23H24N4O5. The Morgan fingerprint density at radius 2 is 1.78 bits per heavy atom. The number of nitrogens with one attached hydrogen (secondary N) is 2. The Kier molecular flexibility index (Phi) is 5.72. The highest BCUT2D eigenvalue weighted by atomic mass is 16.5. The molecule has 1 aliphatic heterocycles. The molecular weight excluding hydrogens is 412 g/mol. The van der Waals surface area contributed by atoms with Crippen LogP contribution in [0.4, 0.5) is 11.5 Å². The van der Waals surface area contributed by atoms with Crippen molar-refractivity contribution in [2.45, 2.75) is 19.4 Å². The van der Waals surface area contributed by atoms with Crippen molar-refractivity contribution < 1.29 is 23.8 Å². The van der Waals surface area contributed by atoms with Gasteiger partial charge in [0.25, 0.3) is 0 Å². The van der Waals surface area contributed by atoms with E-state index >= 15 is 0 Å². The summed E-state index contributed by atoms with van der Waals surface area (Å²) in [6.45, 7) is 1.87. The van der Waals surface area contributed by atoms with Crippen molar-refractivity contribution >= 4 is 23.3 Å². The minimum absolute atomic E-state index is 0.0186. The molecule has 0 unspecified atom stereocenters. The minimum Gasteiger partial charge on any atom is -0.497 e. The maximum Gasteiger partial charge on any atom is 0.249 e. The molecule has 0 saturated carbocycles. The van der Waals surface area contributed by atoms with Crippen molar-refractivity contribution in [1.82, 2.24) is 9.78 Å². The molecule has 32 heavy (non-hydrogen) atoms. The fourth-order valence-electron chi connectivity index (χ4n) is 3.70. The number of hydrogen-bond donors (Lipinski definition) is 2. The largest absolute Gasteiger partial charge is 0.497 e. The van der Waals surface area contributed by atoms with Crippen LogP contribution in [0.5, 0.6) is 17.2 Å². The van der Waals surface area contributed by atoms with Gasteiger partial charge in [-0.15, -0.1) is 0 Å². The van der Waals surface area contributed by atoms with E-state index in [1.54, 1.807) is 37.1 Å². The van der Waals surface area contributed by atoms with Gasteiger partial charge in [0.15, 0.2) is 11.5 Å². The lowest BCUT2D eigenvalue weighted by Crippen LogP contribution is -2.35. The molecule has 166 valence electrons. The fraction of sp³-hybridized carbons (Fsp3) is 0.261. The van der Waals surface area contributed by atoms with E-state index in [4.69, 9.17) is 14.2 Å². The summed E-state index contributed by atoms with van der Waals surface area (Å²) in [4.78, 5) is 25.5. The smallest absolute Gasteiger partial charge is 0.249 e. The van der Waals surface area contributed by atoms with Gasteiger partial charge in [-0.3, -0.25) is 9.59 Å². The number of benzene rings is 2. The van der Waals surface area contributed by atoms with E-state index in [0.29, 0.717) is 28.7 Å². The summed E-state index contributed by atoms with van der Waals surface area (Å²) in [7, 11) is 4.67. The summed E-state index contributed by atoms with van der Waals surface area (Å²) in [5, 5.41) is 10.4. The topological polar surface area (TPSA) is 104 Å². The number of carbonyl (C=O) groups is 2. The Morgan fingerprint density at radius 1 is 1.06 bits per heavy atom. The first kappa shape index (κ1) is 21.2. The van der Waals surface area contributed by atoms with Crippen LogP contribution in [0, 0.1) is 6.92 Å². The number of carbonyl (C=O) groups excluding carboxylic acids is 2. The van der Waals surface area contributed by atoms with Crippen LogP contribution in [-0.4, -0.2) is 42.9 Å². The zero-order valence-corrected chi connectivity index (χ0v) is 18.3. The maximum absolute atomic E-state index is 13.1. The molecule has 2 aromatic carbocycles. The molecule has 4 rings (SSSR count). The average Bonchev–Trinajstić information content (AvgIpc) is 3.14. The zero-order chi connectivity index (χ0) is 22.8. The van der Waals surface area contributed by atoms with Crippen LogP contribution in [0.2, 0.25) is 0 Å². The SMILES string of the molecule is COc1ccc(-c2nn3c(c2C)NC(=O)C[C@@H]3C(=O)Nc2ccc(OC)c(OC)c2)cc1. The molecule has 0 radical (unpaired) electrons. The first-order valence-electron chi connectivity index (χ1n) is 10.0. The van der Waals surface area contributed by atoms with E-state index in [1.165, 1.54) is 7.11 Å². The standard InChI is InChI=1S/C23H24N4O5/c1-13-21(14-5-8-16(30-2)9-6-14)26-27-17(12-20(28)25-22(13)27)23(29)24-15-7-10-18(31-3)19(11-15)32-4/h5-11,17H,12H2,1-4H3,(H,24,29)(H,25,28)/t17-/m1/s1. The molecule has 2 heterocycles. The summed E-state index contributed by atoms with van der Waals surface area (Å²) in [5.41, 5.74) is 2.86. The third-order valence-corrected chi connectivity index (χ3v) is 5.40. The van der Waals surface area contributed by atoms with E-state index in [2.05, 4.69) is 15.7 Å². The molecule has 2 N–H and O–H groups in total. The van der Waals surface area contributed by atoms with Crippen LogP contribution in [0.25, 0.3) is 11.3 Å². The molecule has 0 fully saturated rings. The van der Waals surface area contributed by atoms with Crippen molar-refractivity contribution in [3.05, 3.63) is 48.0 Å². The zero-order valence-electron chi connectivity index (χ0n) is 18.3. The lowest BCUT2D eigenvalue weighted by Gasteiger charge is -2.24. The van der Waals surface area contributed by atoms with Crippen molar-refractivity contribution in [3.63, 3.8) is 0 Å². The molecule has 1 atom stereocenters. The number of hydrogen-bond acceptors (Lipinski definition) is 6. The number of aromatic nitrogens is 2. The van der Waals surface area contributed by atoms with Gasteiger partial charge in [-0.05, 0) is 43.3 Å². The second-order valence-electron chi connectivity index (χ2n) is 7.32. The summed E-state index contributed by atoms with van der Waals surface area (Å²) in [6, 6.07) is 11.7. The van der Waals surface area contributed by atoms with Crippen LogP contribution in [0.3, 0.4) is 0 Å². The van der Waals surface area contributed by atoms with Crippen molar-refractivity contribution in [1.29, 1.82) is 0 Å². The molecule has 0 aliphatic carbocycles. The maximum atomic E-state index is 13.1. The van der Waals surface area contributed by atoms with Crippen molar-refractivity contribution in [3.8, 4) is 28.5 Å². The van der Waals surface area contributed by atoms with Crippen LogP contribution < -0.4 is 24.8 Å². The van der Waals surface area contributed by atoms with Gasteiger partial charge < -0.3 is 24.8 Å². The lowest BCUT2D eigenvalue weighted by molar-refractivity contribution is -0.125. The Bertz CT molecular complexity index is 1170. The van der Waals surface area contributed by atoms with Crippen LogP contribution in [0.1, 0.15) is 18.0 Å². The van der Waals surface area contributed by atoms with Gasteiger partial charge in [0, 0.05) is 22.9 Å². The molecule has 2 amide bonds. The number of ether oxygens (including phenoxy) is 3. The first-order chi connectivity index (χ1) is 15.4. The van der Waals surface area contributed by atoms with Gasteiger partial charge in [-0.1, -0.05) is 0 Å². The minimum atomic E-state index is -0.794. The predicted molar refractivity (Wildman–Crippen MR) is 119 cm³/mol. The number of methoxy groups -OCH3 is 3. The second kappa shape index (κ2) is 8.62. The van der Waals surface area contributed by atoms with Gasteiger partial charge in [0.05, 0.1) is 33.4 Å². The van der Waals surface area contributed by atoms with Gasteiger partial charge in [-0.25, -0.2) is 4.68 Å². The normalized spacial score (nSPS) is 14.9. The number of fused-ring (bicyclic) bond motifs is 1. The molecule has 1 aromatic heterocycles. The van der Waals surface area contributed by atoms with Gasteiger partial charge in [0.2, 0.25) is 11.8 Å². The fourth-order valence-corrected chi connectivity index (χ4v) is 3.70. The van der Waals surface area contributed by atoms with Crippen molar-refractivity contribution in [2.75, 3.05) is 32.0 Å². The van der Waals surface area contributed by atoms with Gasteiger partial charge >= 0.3 is 0 Å². The molecule has 1 aliphatic rings. The van der Waals surface area contributed by atoms with Gasteiger partial charge in [-0.2, -0.15) is 5.10 Å². The molecule has 0 spiro atoms. The molecule has 0 saturated heterocycles. The average molecular weight is 436 g/mol. The Hall–Kier alpha value is -4.01. The number of amides is 2. The van der Waals surface area contributed by atoms with Crippen molar-refractivity contribution in [2.24, 2.45) is 0 Å². The van der Waals surface area contributed by atoms with Crippen LogP contribution >= 0.6 is 0 Å².